The van der Waals surface area contributed by atoms with Crippen molar-refractivity contribution >= 4 is 15.9 Å². The van der Waals surface area contributed by atoms with Gasteiger partial charge in [-0.1, -0.05) is 28.1 Å². The maximum atomic E-state index is 13.2. The lowest BCUT2D eigenvalue weighted by molar-refractivity contribution is 0.336. The first-order valence-electron chi connectivity index (χ1n) is 6.16. The smallest absolute Gasteiger partial charge is 0.165 e. The van der Waals surface area contributed by atoms with Crippen molar-refractivity contribution in [2.24, 2.45) is 0 Å². The molecule has 0 amide bonds. The Hall–Kier alpha value is -1.81. The standard InChI is InChI=1S/C16H14BrFO2/c17-13-7-9-14(10-8-13)19-11-3-4-12-20-16-6-2-1-5-15(16)18/h1-10H,11-12H2/b4-3+. The fraction of sp³-hybridized carbons (Fsp3) is 0.125. The Labute approximate surface area is 126 Å². The number of hydrogen-bond donors (Lipinski definition) is 0. The average molecular weight is 337 g/mol. The molecule has 0 unspecified atom stereocenters. The van der Waals surface area contributed by atoms with Crippen LogP contribution in [-0.4, -0.2) is 13.2 Å². The van der Waals surface area contributed by atoms with Gasteiger partial charge in [-0.2, -0.15) is 0 Å². The molecule has 0 spiro atoms. The lowest BCUT2D eigenvalue weighted by atomic mass is 10.3. The summed E-state index contributed by atoms with van der Waals surface area (Å²) in [6.45, 7) is 0.757. The summed E-state index contributed by atoms with van der Waals surface area (Å²) >= 11 is 3.36. The van der Waals surface area contributed by atoms with Gasteiger partial charge in [0.1, 0.15) is 19.0 Å². The number of benzene rings is 2. The highest BCUT2D eigenvalue weighted by atomic mass is 79.9. The van der Waals surface area contributed by atoms with Gasteiger partial charge < -0.3 is 9.47 Å². The van der Waals surface area contributed by atoms with Crippen LogP contribution in [0.15, 0.2) is 65.2 Å². The number of para-hydroxylation sites is 1. The number of hydrogen-bond acceptors (Lipinski definition) is 2. The van der Waals surface area contributed by atoms with E-state index in [1.165, 1.54) is 6.07 Å². The van der Waals surface area contributed by atoms with E-state index in [-0.39, 0.29) is 11.6 Å². The topological polar surface area (TPSA) is 18.5 Å². The Kier molecular flexibility index (Phi) is 5.62. The number of ether oxygens (including phenoxy) is 2. The Morgan fingerprint density at radius 2 is 1.55 bits per heavy atom. The first-order valence-corrected chi connectivity index (χ1v) is 6.96. The molecule has 0 saturated heterocycles. The third kappa shape index (κ3) is 4.70. The van der Waals surface area contributed by atoms with Crippen molar-refractivity contribution in [2.75, 3.05) is 13.2 Å². The molecule has 0 fully saturated rings. The van der Waals surface area contributed by atoms with Crippen LogP contribution in [0.4, 0.5) is 4.39 Å². The molecular formula is C16H14BrFO2. The summed E-state index contributed by atoms with van der Waals surface area (Å²) in [5, 5.41) is 0. The van der Waals surface area contributed by atoms with Crippen molar-refractivity contribution in [3.8, 4) is 11.5 Å². The second kappa shape index (κ2) is 7.70. The fourth-order valence-corrected chi connectivity index (χ4v) is 1.78. The number of rotatable bonds is 6. The van der Waals surface area contributed by atoms with Crippen LogP contribution >= 0.6 is 15.9 Å². The van der Waals surface area contributed by atoms with Gasteiger partial charge in [0, 0.05) is 4.47 Å². The predicted molar refractivity (Wildman–Crippen MR) is 80.7 cm³/mol. The molecule has 0 aliphatic heterocycles. The van der Waals surface area contributed by atoms with Crippen LogP contribution in [0.25, 0.3) is 0 Å². The highest BCUT2D eigenvalue weighted by Crippen LogP contribution is 2.16. The van der Waals surface area contributed by atoms with Gasteiger partial charge in [0.15, 0.2) is 11.6 Å². The van der Waals surface area contributed by atoms with Gasteiger partial charge in [-0.15, -0.1) is 0 Å². The minimum atomic E-state index is -0.355. The van der Waals surface area contributed by atoms with Crippen molar-refractivity contribution in [3.63, 3.8) is 0 Å². The van der Waals surface area contributed by atoms with Gasteiger partial charge in [0.2, 0.25) is 0 Å². The molecule has 2 nitrogen and oxygen atoms in total. The summed E-state index contributed by atoms with van der Waals surface area (Å²) in [4.78, 5) is 0. The van der Waals surface area contributed by atoms with Crippen LogP contribution in [0.5, 0.6) is 11.5 Å². The third-order valence-electron chi connectivity index (χ3n) is 2.50. The molecule has 0 heterocycles. The van der Waals surface area contributed by atoms with E-state index < -0.39 is 0 Å². The Bertz CT molecular complexity index is 567. The van der Waals surface area contributed by atoms with Gasteiger partial charge in [-0.25, -0.2) is 4.39 Å². The predicted octanol–water partition coefficient (Wildman–Crippen LogP) is 4.60. The van der Waals surface area contributed by atoms with Crippen molar-refractivity contribution in [1.82, 2.24) is 0 Å². The Morgan fingerprint density at radius 3 is 2.25 bits per heavy atom. The lowest BCUT2D eigenvalue weighted by Gasteiger charge is -2.04. The van der Waals surface area contributed by atoms with E-state index in [2.05, 4.69) is 15.9 Å². The van der Waals surface area contributed by atoms with E-state index in [1.807, 2.05) is 30.3 Å². The molecule has 2 aromatic carbocycles. The van der Waals surface area contributed by atoms with Crippen molar-refractivity contribution in [3.05, 3.63) is 71.0 Å². The van der Waals surface area contributed by atoms with E-state index in [0.717, 1.165) is 10.2 Å². The molecule has 0 bridgehead atoms. The third-order valence-corrected chi connectivity index (χ3v) is 3.03. The zero-order chi connectivity index (χ0) is 14.2. The van der Waals surface area contributed by atoms with Crippen LogP contribution in [0.2, 0.25) is 0 Å². The monoisotopic (exact) mass is 336 g/mol. The molecule has 20 heavy (non-hydrogen) atoms. The molecule has 4 heteroatoms. The van der Waals surface area contributed by atoms with Crippen LogP contribution in [0.1, 0.15) is 0 Å². The van der Waals surface area contributed by atoms with Gasteiger partial charge in [-0.3, -0.25) is 0 Å². The van der Waals surface area contributed by atoms with Gasteiger partial charge >= 0.3 is 0 Å². The van der Waals surface area contributed by atoms with E-state index in [9.17, 15) is 4.39 Å². The maximum Gasteiger partial charge on any atom is 0.165 e. The average Bonchev–Trinajstić information content (AvgIpc) is 2.46. The molecule has 0 N–H and O–H groups in total. The minimum Gasteiger partial charge on any atom is -0.490 e. The largest absolute Gasteiger partial charge is 0.490 e. The van der Waals surface area contributed by atoms with Crippen LogP contribution < -0.4 is 9.47 Å². The Morgan fingerprint density at radius 1 is 0.900 bits per heavy atom. The van der Waals surface area contributed by atoms with E-state index in [0.29, 0.717) is 13.2 Å². The van der Waals surface area contributed by atoms with Crippen LogP contribution in [0.3, 0.4) is 0 Å². The second-order valence-electron chi connectivity index (χ2n) is 3.98. The quantitative estimate of drug-likeness (QED) is 0.717. The van der Waals surface area contributed by atoms with Crippen LogP contribution in [-0.2, 0) is 0 Å². The molecule has 0 aliphatic carbocycles. The normalized spacial score (nSPS) is 10.7. The summed E-state index contributed by atoms with van der Waals surface area (Å²) in [5.41, 5.74) is 0. The van der Waals surface area contributed by atoms with Gasteiger partial charge in [-0.05, 0) is 48.6 Å². The molecule has 0 radical (unpaired) electrons. The first-order chi connectivity index (χ1) is 9.75. The van der Waals surface area contributed by atoms with Crippen molar-refractivity contribution in [2.45, 2.75) is 0 Å². The minimum absolute atomic E-state index is 0.256. The molecule has 0 aromatic heterocycles. The van der Waals surface area contributed by atoms with Crippen molar-refractivity contribution in [1.29, 1.82) is 0 Å². The zero-order valence-electron chi connectivity index (χ0n) is 10.8. The Balaban J connectivity index is 1.70. The fourth-order valence-electron chi connectivity index (χ4n) is 1.51. The van der Waals surface area contributed by atoms with E-state index in [1.54, 1.807) is 24.3 Å². The lowest BCUT2D eigenvalue weighted by Crippen LogP contribution is -1.98. The summed E-state index contributed by atoms with van der Waals surface area (Å²) in [7, 11) is 0. The molecule has 0 atom stereocenters. The highest BCUT2D eigenvalue weighted by Gasteiger charge is 1.98. The van der Waals surface area contributed by atoms with E-state index in [4.69, 9.17) is 9.47 Å². The van der Waals surface area contributed by atoms with Gasteiger partial charge in [0.25, 0.3) is 0 Å². The summed E-state index contributed by atoms with van der Waals surface area (Å²) < 4.78 is 25.0. The van der Waals surface area contributed by atoms with Gasteiger partial charge in [0.05, 0.1) is 0 Å². The first kappa shape index (κ1) is 14.6. The molecule has 2 rings (SSSR count). The molecule has 0 saturated carbocycles. The van der Waals surface area contributed by atoms with Crippen LogP contribution in [0, 0.1) is 5.82 Å². The maximum absolute atomic E-state index is 13.2. The molecule has 2 aromatic rings. The SMILES string of the molecule is Fc1ccccc1OC/C=C/COc1ccc(Br)cc1. The summed E-state index contributed by atoms with van der Waals surface area (Å²) in [6.07, 6.45) is 3.63. The molecular weight excluding hydrogens is 323 g/mol. The molecule has 0 aliphatic rings. The zero-order valence-corrected chi connectivity index (χ0v) is 12.3. The number of halogens is 2. The van der Waals surface area contributed by atoms with E-state index >= 15 is 0 Å². The van der Waals surface area contributed by atoms with Crippen molar-refractivity contribution < 1.29 is 13.9 Å². The second-order valence-corrected chi connectivity index (χ2v) is 4.89. The summed E-state index contributed by atoms with van der Waals surface area (Å²) in [6, 6.07) is 13.9. The summed E-state index contributed by atoms with van der Waals surface area (Å²) in [5.74, 6) is 0.700. The molecule has 104 valence electrons. The highest BCUT2D eigenvalue weighted by molar-refractivity contribution is 9.10.